The Labute approximate surface area is 127 Å². The molecule has 1 N–H and O–H groups in total. The molecular formula is C18H26N2O. The number of hydrogen-bond acceptors (Lipinski definition) is 2. The lowest BCUT2D eigenvalue weighted by Gasteiger charge is -2.36. The standard InChI is InChI=1S/C18H26N2O/c1-13-7-5-8-14(2)18(13)19-15-9-3-4-10-16(15)20-12-6-11-17(20)21/h3-4,9-10,13-14,18-19H,5-8,11-12H2,1-2H3. The van der Waals surface area contributed by atoms with E-state index in [4.69, 9.17) is 0 Å². The first-order valence-corrected chi connectivity index (χ1v) is 8.33. The summed E-state index contributed by atoms with van der Waals surface area (Å²) in [6.07, 6.45) is 5.60. The average molecular weight is 286 g/mol. The SMILES string of the molecule is CC1CCCC(C)C1Nc1ccccc1N1CCCC1=O. The first-order chi connectivity index (χ1) is 10.2. The predicted molar refractivity (Wildman–Crippen MR) is 87.6 cm³/mol. The van der Waals surface area contributed by atoms with Crippen molar-refractivity contribution in [1.29, 1.82) is 0 Å². The monoisotopic (exact) mass is 286 g/mol. The van der Waals surface area contributed by atoms with Crippen LogP contribution < -0.4 is 10.2 Å². The Morgan fingerprint density at radius 1 is 1.10 bits per heavy atom. The van der Waals surface area contributed by atoms with E-state index in [0.717, 1.165) is 24.3 Å². The van der Waals surface area contributed by atoms with Crippen molar-refractivity contribution in [2.24, 2.45) is 11.8 Å². The molecule has 3 heteroatoms. The second kappa shape index (κ2) is 6.08. The van der Waals surface area contributed by atoms with E-state index in [9.17, 15) is 4.79 Å². The molecule has 3 nitrogen and oxygen atoms in total. The van der Waals surface area contributed by atoms with Crippen LogP contribution in [0.3, 0.4) is 0 Å². The molecule has 2 unspecified atom stereocenters. The van der Waals surface area contributed by atoms with E-state index in [-0.39, 0.29) is 5.91 Å². The third-order valence-corrected chi connectivity index (χ3v) is 5.14. The van der Waals surface area contributed by atoms with Gasteiger partial charge in [-0.3, -0.25) is 4.79 Å². The van der Waals surface area contributed by atoms with Crippen LogP contribution in [0.25, 0.3) is 0 Å². The van der Waals surface area contributed by atoms with E-state index in [0.29, 0.717) is 24.3 Å². The molecule has 0 radical (unpaired) electrons. The van der Waals surface area contributed by atoms with Crippen LogP contribution in [0.4, 0.5) is 11.4 Å². The van der Waals surface area contributed by atoms with Gasteiger partial charge in [0, 0.05) is 19.0 Å². The van der Waals surface area contributed by atoms with Gasteiger partial charge in [0.1, 0.15) is 0 Å². The highest BCUT2D eigenvalue weighted by Crippen LogP contribution is 2.35. The number of anilines is 2. The molecule has 21 heavy (non-hydrogen) atoms. The summed E-state index contributed by atoms with van der Waals surface area (Å²) in [7, 11) is 0. The third-order valence-electron chi connectivity index (χ3n) is 5.14. The highest BCUT2D eigenvalue weighted by molar-refractivity contribution is 5.98. The predicted octanol–water partition coefficient (Wildman–Crippen LogP) is 4.05. The Balaban J connectivity index is 1.83. The fraction of sp³-hybridized carbons (Fsp3) is 0.611. The molecule has 0 aromatic heterocycles. The minimum Gasteiger partial charge on any atom is -0.380 e. The fourth-order valence-corrected chi connectivity index (χ4v) is 3.88. The molecular weight excluding hydrogens is 260 g/mol. The molecule has 1 saturated heterocycles. The van der Waals surface area contributed by atoms with Crippen molar-refractivity contribution in [3.05, 3.63) is 24.3 Å². The summed E-state index contributed by atoms with van der Waals surface area (Å²) < 4.78 is 0. The Hall–Kier alpha value is -1.51. The summed E-state index contributed by atoms with van der Waals surface area (Å²) in [6.45, 7) is 5.54. The first kappa shape index (κ1) is 14.4. The van der Waals surface area contributed by atoms with Gasteiger partial charge in [0.15, 0.2) is 0 Å². The van der Waals surface area contributed by atoms with Gasteiger partial charge >= 0.3 is 0 Å². The Kier molecular flexibility index (Phi) is 4.18. The lowest BCUT2D eigenvalue weighted by molar-refractivity contribution is -0.117. The second-order valence-corrected chi connectivity index (χ2v) is 6.72. The van der Waals surface area contributed by atoms with E-state index in [2.05, 4.69) is 37.4 Å². The van der Waals surface area contributed by atoms with Crippen molar-refractivity contribution in [3.8, 4) is 0 Å². The highest BCUT2D eigenvalue weighted by Gasteiger charge is 2.29. The molecule has 1 heterocycles. The highest BCUT2D eigenvalue weighted by atomic mass is 16.2. The van der Waals surface area contributed by atoms with E-state index in [1.807, 2.05) is 11.0 Å². The summed E-state index contributed by atoms with van der Waals surface area (Å²) in [5, 5.41) is 3.75. The number of nitrogens with one attached hydrogen (secondary N) is 1. The van der Waals surface area contributed by atoms with E-state index in [1.165, 1.54) is 19.3 Å². The summed E-state index contributed by atoms with van der Waals surface area (Å²) in [6, 6.07) is 8.79. The van der Waals surface area contributed by atoms with Crippen LogP contribution in [0.5, 0.6) is 0 Å². The zero-order valence-electron chi connectivity index (χ0n) is 13.1. The van der Waals surface area contributed by atoms with Gasteiger partial charge in [-0.1, -0.05) is 32.4 Å². The van der Waals surface area contributed by atoms with Gasteiger partial charge in [-0.2, -0.15) is 0 Å². The molecule has 2 fully saturated rings. The van der Waals surface area contributed by atoms with Gasteiger partial charge in [-0.05, 0) is 43.2 Å². The zero-order valence-corrected chi connectivity index (χ0v) is 13.1. The molecule has 1 aliphatic carbocycles. The van der Waals surface area contributed by atoms with Gasteiger partial charge in [-0.15, -0.1) is 0 Å². The van der Waals surface area contributed by atoms with Crippen LogP contribution in [0.15, 0.2) is 24.3 Å². The van der Waals surface area contributed by atoms with Crippen LogP contribution in [-0.4, -0.2) is 18.5 Å². The largest absolute Gasteiger partial charge is 0.380 e. The molecule has 1 saturated carbocycles. The zero-order chi connectivity index (χ0) is 14.8. The number of benzene rings is 1. The summed E-state index contributed by atoms with van der Waals surface area (Å²) in [4.78, 5) is 14.0. The molecule has 0 spiro atoms. The van der Waals surface area contributed by atoms with Gasteiger partial charge in [0.05, 0.1) is 11.4 Å². The smallest absolute Gasteiger partial charge is 0.227 e. The Morgan fingerprint density at radius 2 is 1.81 bits per heavy atom. The van der Waals surface area contributed by atoms with Crippen LogP contribution in [0.1, 0.15) is 46.0 Å². The van der Waals surface area contributed by atoms with Crippen molar-refractivity contribution in [3.63, 3.8) is 0 Å². The van der Waals surface area contributed by atoms with Crippen molar-refractivity contribution >= 4 is 17.3 Å². The normalized spacial score (nSPS) is 29.7. The molecule has 2 aliphatic rings. The molecule has 0 bridgehead atoms. The number of amides is 1. The lowest BCUT2D eigenvalue weighted by atomic mass is 9.78. The number of carbonyl (C=O) groups is 1. The van der Waals surface area contributed by atoms with E-state index in [1.54, 1.807) is 0 Å². The maximum atomic E-state index is 12.0. The number of rotatable bonds is 3. The number of carbonyl (C=O) groups excluding carboxylic acids is 1. The van der Waals surface area contributed by atoms with Gasteiger partial charge in [0.25, 0.3) is 0 Å². The molecule has 1 amide bonds. The number of nitrogens with zero attached hydrogens (tertiary/aromatic N) is 1. The van der Waals surface area contributed by atoms with Crippen molar-refractivity contribution in [2.75, 3.05) is 16.8 Å². The Morgan fingerprint density at radius 3 is 2.48 bits per heavy atom. The molecule has 1 aliphatic heterocycles. The molecule has 3 rings (SSSR count). The van der Waals surface area contributed by atoms with Crippen LogP contribution in [0.2, 0.25) is 0 Å². The molecule has 1 aromatic rings. The van der Waals surface area contributed by atoms with Crippen molar-refractivity contribution < 1.29 is 4.79 Å². The minimum absolute atomic E-state index is 0.258. The van der Waals surface area contributed by atoms with Crippen molar-refractivity contribution in [2.45, 2.75) is 52.0 Å². The molecule has 2 atom stereocenters. The first-order valence-electron chi connectivity index (χ1n) is 8.33. The van der Waals surface area contributed by atoms with Crippen molar-refractivity contribution in [1.82, 2.24) is 0 Å². The van der Waals surface area contributed by atoms with Gasteiger partial charge < -0.3 is 10.2 Å². The maximum absolute atomic E-state index is 12.0. The summed E-state index contributed by atoms with van der Waals surface area (Å²) >= 11 is 0. The maximum Gasteiger partial charge on any atom is 0.227 e. The second-order valence-electron chi connectivity index (χ2n) is 6.72. The van der Waals surface area contributed by atoms with Gasteiger partial charge in [0.2, 0.25) is 5.91 Å². The van der Waals surface area contributed by atoms with Crippen LogP contribution in [-0.2, 0) is 4.79 Å². The molecule has 114 valence electrons. The fourth-order valence-electron chi connectivity index (χ4n) is 3.88. The Bertz CT molecular complexity index is 504. The number of para-hydroxylation sites is 2. The van der Waals surface area contributed by atoms with E-state index < -0.39 is 0 Å². The van der Waals surface area contributed by atoms with Crippen LogP contribution >= 0.6 is 0 Å². The number of hydrogen-bond donors (Lipinski definition) is 1. The molecule has 1 aromatic carbocycles. The minimum atomic E-state index is 0.258. The topological polar surface area (TPSA) is 32.3 Å². The summed E-state index contributed by atoms with van der Waals surface area (Å²) in [5.41, 5.74) is 2.18. The summed E-state index contributed by atoms with van der Waals surface area (Å²) in [5.74, 6) is 1.64. The lowest BCUT2D eigenvalue weighted by Crippen LogP contribution is -2.37. The average Bonchev–Trinajstić information content (AvgIpc) is 2.90. The van der Waals surface area contributed by atoms with Gasteiger partial charge in [-0.25, -0.2) is 0 Å². The van der Waals surface area contributed by atoms with E-state index >= 15 is 0 Å². The third kappa shape index (κ3) is 2.92. The van der Waals surface area contributed by atoms with Crippen LogP contribution in [0, 0.1) is 11.8 Å². The quantitative estimate of drug-likeness (QED) is 0.909.